The summed E-state index contributed by atoms with van der Waals surface area (Å²) in [5.74, 6) is 1.36. The largest absolute Gasteiger partial charge is 0.481 e. The summed E-state index contributed by atoms with van der Waals surface area (Å²) in [5, 5.41) is 11.3. The van der Waals surface area contributed by atoms with Crippen LogP contribution < -0.4 is 5.32 Å². The van der Waals surface area contributed by atoms with E-state index in [0.29, 0.717) is 6.42 Å². The molecule has 0 rings (SSSR count). The second kappa shape index (κ2) is 6.88. The van der Waals surface area contributed by atoms with E-state index in [1.165, 1.54) is 0 Å². The van der Waals surface area contributed by atoms with Gasteiger partial charge in [-0.2, -0.15) is 0 Å². The second-order valence-electron chi connectivity index (χ2n) is 3.72. The van der Waals surface area contributed by atoms with Crippen LogP contribution >= 0.6 is 0 Å². The van der Waals surface area contributed by atoms with Gasteiger partial charge in [-0.25, -0.2) is 0 Å². The molecule has 1 atom stereocenters. The zero-order chi connectivity index (χ0) is 11.8. The van der Waals surface area contributed by atoms with E-state index in [1.54, 1.807) is 0 Å². The molecule has 0 fully saturated rings. The molecule has 0 aromatic rings. The van der Waals surface area contributed by atoms with Crippen molar-refractivity contribution in [2.45, 2.75) is 39.2 Å². The molecule has 0 aliphatic carbocycles. The monoisotopic (exact) mass is 211 g/mol. The van der Waals surface area contributed by atoms with Gasteiger partial charge in [-0.15, -0.1) is 12.3 Å². The molecule has 0 aromatic heterocycles. The van der Waals surface area contributed by atoms with Gasteiger partial charge in [0.2, 0.25) is 5.91 Å². The quantitative estimate of drug-likeness (QED) is 0.644. The molecule has 0 heterocycles. The Bertz CT molecular complexity index is 265. The molecule has 15 heavy (non-hydrogen) atoms. The molecular weight excluding hydrogens is 194 g/mol. The lowest BCUT2D eigenvalue weighted by molar-refractivity contribution is -0.138. The fourth-order valence-corrected chi connectivity index (χ4v) is 1.11. The van der Waals surface area contributed by atoms with Gasteiger partial charge in [-0.1, -0.05) is 13.8 Å². The van der Waals surface area contributed by atoms with E-state index < -0.39 is 5.97 Å². The highest BCUT2D eigenvalue weighted by atomic mass is 16.4. The Morgan fingerprint density at radius 2 is 2.07 bits per heavy atom. The topological polar surface area (TPSA) is 66.4 Å². The molecule has 0 radical (unpaired) electrons. The fraction of sp³-hybridized carbons (Fsp3) is 0.636. The molecular formula is C11H17NO3. The van der Waals surface area contributed by atoms with Gasteiger partial charge < -0.3 is 10.4 Å². The summed E-state index contributed by atoms with van der Waals surface area (Å²) in [7, 11) is 0. The van der Waals surface area contributed by atoms with Gasteiger partial charge in [0, 0.05) is 18.9 Å². The molecule has 0 saturated heterocycles. The van der Waals surface area contributed by atoms with E-state index in [0.717, 1.165) is 0 Å². The molecule has 0 aliphatic heterocycles. The first kappa shape index (κ1) is 13.5. The van der Waals surface area contributed by atoms with Gasteiger partial charge in [-0.3, -0.25) is 9.59 Å². The summed E-state index contributed by atoms with van der Waals surface area (Å²) in [6, 6.07) is -0.326. The first-order valence-corrected chi connectivity index (χ1v) is 4.92. The van der Waals surface area contributed by atoms with E-state index in [9.17, 15) is 9.59 Å². The number of carbonyl (C=O) groups is 2. The normalized spacial score (nSPS) is 11.9. The SMILES string of the molecule is C#CCCC(=O)NC(CC(=O)O)C(C)C. The number of carbonyl (C=O) groups excluding carboxylic acids is 1. The lowest BCUT2D eigenvalue weighted by Crippen LogP contribution is -2.39. The van der Waals surface area contributed by atoms with Crippen LogP contribution in [0.25, 0.3) is 0 Å². The van der Waals surface area contributed by atoms with Crippen molar-refractivity contribution >= 4 is 11.9 Å². The predicted molar refractivity (Wildman–Crippen MR) is 57.1 cm³/mol. The Labute approximate surface area is 90.1 Å². The Kier molecular flexibility index (Phi) is 6.19. The summed E-state index contributed by atoms with van der Waals surface area (Å²) in [6.07, 6.45) is 5.60. The molecule has 0 aliphatic rings. The predicted octanol–water partition coefficient (Wildman–Crippen LogP) is 1.02. The standard InChI is InChI=1S/C11H17NO3/c1-4-5-6-10(13)12-9(8(2)3)7-11(14)15/h1,8-9H,5-7H2,2-3H3,(H,12,13)(H,14,15). The zero-order valence-corrected chi connectivity index (χ0v) is 9.12. The van der Waals surface area contributed by atoms with Crippen molar-refractivity contribution in [1.82, 2.24) is 5.32 Å². The van der Waals surface area contributed by atoms with E-state index in [-0.39, 0.29) is 30.7 Å². The fourth-order valence-electron chi connectivity index (χ4n) is 1.11. The summed E-state index contributed by atoms with van der Waals surface area (Å²) in [4.78, 5) is 21.8. The molecule has 4 nitrogen and oxygen atoms in total. The molecule has 0 bridgehead atoms. The lowest BCUT2D eigenvalue weighted by atomic mass is 10.0. The Morgan fingerprint density at radius 1 is 1.47 bits per heavy atom. The van der Waals surface area contributed by atoms with E-state index in [2.05, 4.69) is 11.2 Å². The molecule has 4 heteroatoms. The minimum Gasteiger partial charge on any atom is -0.481 e. The number of hydrogen-bond donors (Lipinski definition) is 2. The first-order chi connectivity index (χ1) is 6.97. The number of aliphatic carboxylic acids is 1. The maximum Gasteiger partial charge on any atom is 0.305 e. The molecule has 0 aromatic carbocycles. The zero-order valence-electron chi connectivity index (χ0n) is 9.12. The molecule has 0 saturated carbocycles. The van der Waals surface area contributed by atoms with Gasteiger partial charge in [0.05, 0.1) is 6.42 Å². The maximum atomic E-state index is 11.3. The third-order valence-corrected chi connectivity index (χ3v) is 2.04. The van der Waals surface area contributed by atoms with Crippen molar-refractivity contribution in [1.29, 1.82) is 0 Å². The van der Waals surface area contributed by atoms with E-state index >= 15 is 0 Å². The van der Waals surface area contributed by atoms with Gasteiger partial charge >= 0.3 is 5.97 Å². The summed E-state index contributed by atoms with van der Waals surface area (Å²) >= 11 is 0. The third kappa shape index (κ3) is 6.55. The van der Waals surface area contributed by atoms with Gasteiger partial charge in [0.25, 0.3) is 0 Å². The van der Waals surface area contributed by atoms with Crippen LogP contribution in [0.15, 0.2) is 0 Å². The summed E-state index contributed by atoms with van der Waals surface area (Å²) < 4.78 is 0. The average molecular weight is 211 g/mol. The molecule has 1 amide bonds. The van der Waals surface area contributed by atoms with Crippen LogP contribution in [0.2, 0.25) is 0 Å². The van der Waals surface area contributed by atoms with Crippen LogP contribution in [0.5, 0.6) is 0 Å². The number of amides is 1. The van der Waals surface area contributed by atoms with Crippen LogP contribution in [0.4, 0.5) is 0 Å². The number of terminal acetylenes is 1. The van der Waals surface area contributed by atoms with E-state index in [4.69, 9.17) is 11.5 Å². The summed E-state index contributed by atoms with van der Waals surface area (Å²) in [5.41, 5.74) is 0. The highest BCUT2D eigenvalue weighted by Crippen LogP contribution is 2.06. The number of nitrogens with one attached hydrogen (secondary N) is 1. The van der Waals surface area contributed by atoms with Crippen LogP contribution in [0.3, 0.4) is 0 Å². The Balaban J connectivity index is 4.11. The van der Waals surface area contributed by atoms with Crippen molar-refractivity contribution in [2.75, 3.05) is 0 Å². The maximum absolute atomic E-state index is 11.3. The van der Waals surface area contributed by atoms with Crippen LogP contribution in [0.1, 0.15) is 33.1 Å². The third-order valence-electron chi connectivity index (χ3n) is 2.04. The van der Waals surface area contributed by atoms with Crippen molar-refractivity contribution in [3.63, 3.8) is 0 Å². The number of carboxylic acid groups (broad SMARTS) is 1. The van der Waals surface area contributed by atoms with Crippen LogP contribution in [-0.2, 0) is 9.59 Å². The molecule has 84 valence electrons. The highest BCUT2D eigenvalue weighted by Gasteiger charge is 2.18. The van der Waals surface area contributed by atoms with Crippen LogP contribution in [-0.4, -0.2) is 23.0 Å². The van der Waals surface area contributed by atoms with Gasteiger partial charge in [0.1, 0.15) is 0 Å². The minimum atomic E-state index is -0.911. The van der Waals surface area contributed by atoms with Gasteiger partial charge in [-0.05, 0) is 5.92 Å². The molecule has 0 spiro atoms. The van der Waals surface area contributed by atoms with E-state index in [1.807, 2.05) is 13.8 Å². The number of rotatable bonds is 6. The molecule has 2 N–H and O–H groups in total. The highest BCUT2D eigenvalue weighted by molar-refractivity contribution is 5.77. The summed E-state index contributed by atoms with van der Waals surface area (Å²) in [6.45, 7) is 3.74. The Hall–Kier alpha value is -1.50. The Morgan fingerprint density at radius 3 is 2.47 bits per heavy atom. The van der Waals surface area contributed by atoms with Crippen molar-refractivity contribution in [3.8, 4) is 12.3 Å². The average Bonchev–Trinajstić information content (AvgIpc) is 2.12. The van der Waals surface area contributed by atoms with Gasteiger partial charge in [0.15, 0.2) is 0 Å². The van der Waals surface area contributed by atoms with Crippen molar-refractivity contribution in [2.24, 2.45) is 5.92 Å². The number of hydrogen-bond acceptors (Lipinski definition) is 2. The minimum absolute atomic E-state index is 0.0561. The van der Waals surface area contributed by atoms with Crippen molar-refractivity contribution < 1.29 is 14.7 Å². The first-order valence-electron chi connectivity index (χ1n) is 4.92. The number of carboxylic acids is 1. The van der Waals surface area contributed by atoms with Crippen molar-refractivity contribution in [3.05, 3.63) is 0 Å². The smallest absolute Gasteiger partial charge is 0.305 e. The van der Waals surface area contributed by atoms with Crippen LogP contribution in [0, 0.1) is 18.3 Å². The molecule has 1 unspecified atom stereocenters. The lowest BCUT2D eigenvalue weighted by Gasteiger charge is -2.20. The second-order valence-corrected chi connectivity index (χ2v) is 3.72.